The first-order valence-corrected chi connectivity index (χ1v) is 12.3. The van der Waals surface area contributed by atoms with E-state index in [9.17, 15) is 4.79 Å². The summed E-state index contributed by atoms with van der Waals surface area (Å²) >= 11 is 0. The lowest BCUT2D eigenvalue weighted by Gasteiger charge is -2.38. The number of nitrogens with zero attached hydrogens (tertiary/aromatic N) is 6. The highest BCUT2D eigenvalue weighted by molar-refractivity contribution is 5.74. The molecule has 2 aliphatic heterocycles. The molecule has 3 aromatic rings. The molecule has 33 heavy (non-hydrogen) atoms. The Morgan fingerprint density at radius 1 is 1.12 bits per heavy atom. The minimum atomic E-state index is 0.0125. The van der Waals surface area contributed by atoms with Gasteiger partial charge in [0.15, 0.2) is 5.65 Å². The van der Waals surface area contributed by atoms with Gasteiger partial charge in [-0.1, -0.05) is 20.8 Å². The average Bonchev–Trinajstić information content (AvgIpc) is 3.03. The maximum Gasteiger partial charge on any atom is 0.330 e. The highest BCUT2D eigenvalue weighted by Crippen LogP contribution is 2.29. The summed E-state index contributed by atoms with van der Waals surface area (Å²) in [6.07, 6.45) is 6.58. The predicted molar refractivity (Wildman–Crippen MR) is 134 cm³/mol. The van der Waals surface area contributed by atoms with Gasteiger partial charge in [0.25, 0.3) is 0 Å². The number of imidazole rings is 1. The molecule has 7 nitrogen and oxygen atoms in total. The van der Waals surface area contributed by atoms with Crippen molar-refractivity contribution in [2.24, 2.45) is 18.4 Å². The molecule has 0 spiro atoms. The number of hydrogen-bond donors (Lipinski definition) is 0. The van der Waals surface area contributed by atoms with Crippen molar-refractivity contribution in [2.45, 2.75) is 53.0 Å². The number of piperidine rings is 1. The Kier molecular flexibility index (Phi) is 5.67. The van der Waals surface area contributed by atoms with Gasteiger partial charge in [-0.15, -0.1) is 0 Å². The zero-order valence-corrected chi connectivity index (χ0v) is 20.4. The molecule has 7 heteroatoms. The van der Waals surface area contributed by atoms with Crippen LogP contribution in [0.15, 0.2) is 35.3 Å². The maximum atomic E-state index is 12.9. The Labute approximate surface area is 196 Å². The minimum absolute atomic E-state index is 0.0125. The van der Waals surface area contributed by atoms with E-state index in [1.54, 1.807) is 4.57 Å². The van der Waals surface area contributed by atoms with Gasteiger partial charge in [0, 0.05) is 46.0 Å². The SMILES string of the molecule is Cn1c(=O)n(CC(C)(C)C)c2ccc(N3CCCC(CN4CCCc5ncccc54)C3)nc21. The Hall–Kier alpha value is -2.83. The summed E-state index contributed by atoms with van der Waals surface area (Å²) in [7, 11) is 1.83. The molecule has 0 amide bonds. The number of rotatable bonds is 4. The second-order valence-corrected chi connectivity index (χ2v) is 11.0. The molecule has 0 N–H and O–H groups in total. The van der Waals surface area contributed by atoms with Gasteiger partial charge in [0.05, 0.1) is 16.9 Å². The lowest BCUT2D eigenvalue weighted by molar-refractivity contribution is 0.342. The van der Waals surface area contributed by atoms with E-state index in [0.29, 0.717) is 12.5 Å². The topological polar surface area (TPSA) is 59.2 Å². The summed E-state index contributed by atoms with van der Waals surface area (Å²) < 4.78 is 3.57. The molecule has 5 heterocycles. The van der Waals surface area contributed by atoms with Crippen molar-refractivity contribution in [3.8, 4) is 0 Å². The molecule has 3 aromatic heterocycles. The highest BCUT2D eigenvalue weighted by atomic mass is 16.1. The van der Waals surface area contributed by atoms with Gasteiger partial charge in [0.2, 0.25) is 0 Å². The third-order valence-electron chi connectivity index (χ3n) is 6.97. The van der Waals surface area contributed by atoms with Crippen molar-refractivity contribution < 1.29 is 0 Å². The van der Waals surface area contributed by atoms with Crippen LogP contribution in [0.25, 0.3) is 11.2 Å². The van der Waals surface area contributed by atoms with Crippen molar-refractivity contribution in [3.05, 3.63) is 46.6 Å². The van der Waals surface area contributed by atoms with Crippen LogP contribution in [-0.2, 0) is 20.0 Å². The van der Waals surface area contributed by atoms with Gasteiger partial charge >= 0.3 is 5.69 Å². The zero-order valence-electron chi connectivity index (χ0n) is 20.4. The van der Waals surface area contributed by atoms with Crippen LogP contribution in [0.2, 0.25) is 0 Å². The quantitative estimate of drug-likeness (QED) is 0.607. The third kappa shape index (κ3) is 4.37. The van der Waals surface area contributed by atoms with Crippen LogP contribution in [0.1, 0.15) is 45.7 Å². The maximum absolute atomic E-state index is 12.9. The molecule has 0 saturated carbocycles. The molecule has 1 saturated heterocycles. The fraction of sp³-hybridized carbons (Fsp3) is 0.577. The number of aromatic nitrogens is 4. The number of fused-ring (bicyclic) bond motifs is 2. The van der Waals surface area contributed by atoms with Crippen LogP contribution < -0.4 is 15.5 Å². The lowest BCUT2D eigenvalue weighted by Crippen LogP contribution is -2.43. The van der Waals surface area contributed by atoms with Gasteiger partial charge < -0.3 is 9.80 Å². The molecule has 1 unspecified atom stereocenters. The minimum Gasteiger partial charge on any atom is -0.370 e. The molecule has 0 aliphatic carbocycles. The molecule has 5 rings (SSSR count). The van der Waals surface area contributed by atoms with Crippen LogP contribution in [0.4, 0.5) is 11.5 Å². The molecule has 176 valence electrons. The van der Waals surface area contributed by atoms with Crippen molar-refractivity contribution in [1.82, 2.24) is 19.1 Å². The zero-order chi connectivity index (χ0) is 23.2. The van der Waals surface area contributed by atoms with E-state index in [1.807, 2.05) is 17.8 Å². The van der Waals surface area contributed by atoms with E-state index in [1.165, 1.54) is 30.6 Å². The normalized spacial score (nSPS) is 19.2. The first-order valence-electron chi connectivity index (χ1n) is 12.3. The molecule has 1 atom stereocenters. The first kappa shape index (κ1) is 22.0. The van der Waals surface area contributed by atoms with Gasteiger partial charge in [-0.3, -0.25) is 14.1 Å². The molecule has 0 aromatic carbocycles. The predicted octanol–water partition coefficient (Wildman–Crippen LogP) is 3.85. The Morgan fingerprint density at radius 3 is 2.79 bits per heavy atom. The highest BCUT2D eigenvalue weighted by Gasteiger charge is 2.26. The van der Waals surface area contributed by atoms with Gasteiger partial charge in [-0.05, 0) is 61.3 Å². The van der Waals surface area contributed by atoms with E-state index < -0.39 is 0 Å². The van der Waals surface area contributed by atoms with Crippen LogP contribution in [0.3, 0.4) is 0 Å². The van der Waals surface area contributed by atoms with Gasteiger partial charge in [-0.25, -0.2) is 9.78 Å². The molecular formula is C26H36N6O. The van der Waals surface area contributed by atoms with Gasteiger partial charge in [-0.2, -0.15) is 0 Å². The van der Waals surface area contributed by atoms with E-state index >= 15 is 0 Å². The second kappa shape index (κ2) is 8.50. The smallest absolute Gasteiger partial charge is 0.330 e. The summed E-state index contributed by atoms with van der Waals surface area (Å²) in [5, 5.41) is 0. The summed E-state index contributed by atoms with van der Waals surface area (Å²) in [5.41, 5.74) is 4.30. The van der Waals surface area contributed by atoms with Crippen molar-refractivity contribution in [1.29, 1.82) is 0 Å². The lowest BCUT2D eigenvalue weighted by atomic mass is 9.96. The Morgan fingerprint density at radius 2 is 1.97 bits per heavy atom. The van der Waals surface area contributed by atoms with Crippen molar-refractivity contribution in [3.63, 3.8) is 0 Å². The fourth-order valence-electron chi connectivity index (χ4n) is 5.46. The van der Waals surface area contributed by atoms with E-state index in [4.69, 9.17) is 4.98 Å². The molecular weight excluding hydrogens is 412 g/mol. The Bertz CT molecular complexity index is 1200. The largest absolute Gasteiger partial charge is 0.370 e. The molecule has 1 fully saturated rings. The van der Waals surface area contributed by atoms with Crippen LogP contribution in [0, 0.1) is 11.3 Å². The summed E-state index contributed by atoms with van der Waals surface area (Å²) in [4.78, 5) is 27.4. The summed E-state index contributed by atoms with van der Waals surface area (Å²) in [6.45, 7) is 11.4. The second-order valence-electron chi connectivity index (χ2n) is 11.0. The van der Waals surface area contributed by atoms with Crippen LogP contribution in [0.5, 0.6) is 0 Å². The van der Waals surface area contributed by atoms with E-state index in [2.05, 4.69) is 59.8 Å². The van der Waals surface area contributed by atoms with Gasteiger partial charge in [0.1, 0.15) is 5.82 Å². The molecule has 2 aliphatic rings. The van der Waals surface area contributed by atoms with Crippen LogP contribution in [-0.4, -0.2) is 45.3 Å². The molecule has 0 bridgehead atoms. The monoisotopic (exact) mass is 448 g/mol. The number of anilines is 2. The van der Waals surface area contributed by atoms with Crippen molar-refractivity contribution >= 4 is 22.7 Å². The van der Waals surface area contributed by atoms with E-state index in [0.717, 1.165) is 49.6 Å². The molecule has 0 radical (unpaired) electrons. The number of aryl methyl sites for hydroxylation is 2. The number of pyridine rings is 2. The third-order valence-corrected chi connectivity index (χ3v) is 6.97. The van der Waals surface area contributed by atoms with Crippen LogP contribution >= 0.6 is 0 Å². The van der Waals surface area contributed by atoms with E-state index in [-0.39, 0.29) is 11.1 Å². The summed E-state index contributed by atoms with van der Waals surface area (Å²) in [5.74, 6) is 1.58. The number of hydrogen-bond acceptors (Lipinski definition) is 5. The van der Waals surface area contributed by atoms with Crippen molar-refractivity contribution in [2.75, 3.05) is 36.0 Å². The average molecular weight is 449 g/mol. The standard InChI is InChI=1S/C26H36N6O/c1-26(2,3)18-32-22-11-12-23(28-24(22)29(4)25(32)33)31-15-6-8-19(17-31)16-30-14-7-9-20-21(30)10-5-13-27-20/h5,10-13,19H,6-9,14-18H2,1-4H3. The first-order chi connectivity index (χ1) is 15.8. The summed E-state index contributed by atoms with van der Waals surface area (Å²) in [6, 6.07) is 8.46. The fourth-order valence-corrected chi connectivity index (χ4v) is 5.46. The Balaban J connectivity index is 1.36.